The molecule has 1 N–H and O–H groups in total. The highest BCUT2D eigenvalue weighted by Gasteiger charge is 2.30. The van der Waals surface area contributed by atoms with E-state index in [4.69, 9.17) is 9.73 Å². The molecule has 0 aliphatic carbocycles. The first kappa shape index (κ1) is 21.4. The van der Waals surface area contributed by atoms with Crippen LogP contribution in [0.3, 0.4) is 0 Å². The number of rotatable bonds is 6. The zero-order valence-corrected chi connectivity index (χ0v) is 18.3. The van der Waals surface area contributed by atoms with Crippen LogP contribution in [0.4, 0.5) is 0 Å². The number of nitrogens with one attached hydrogen (secondary N) is 1. The molecule has 2 fully saturated rings. The summed E-state index contributed by atoms with van der Waals surface area (Å²) in [4.78, 5) is 9.90. The van der Waals surface area contributed by atoms with Gasteiger partial charge in [0.05, 0.1) is 13.2 Å². The van der Waals surface area contributed by atoms with E-state index in [0.29, 0.717) is 12.0 Å². The molecule has 0 spiro atoms. The summed E-state index contributed by atoms with van der Waals surface area (Å²) in [6.45, 7) is 13.0. The molecule has 2 saturated heterocycles. The van der Waals surface area contributed by atoms with Gasteiger partial charge in [0, 0.05) is 64.2 Å². The molecule has 2 aliphatic rings. The fraction of sp³-hybridized carbons (Fsp3) is 0.778. The molecule has 148 valence electrons. The Balaban J connectivity index is 0.00000243. The molecule has 0 aromatic carbocycles. The third kappa shape index (κ3) is 6.09. The SMILES string of the molecule is CCNC(=NCC(C)Cn1cccn1)N1CCC(N2CCOCC2)C1.I. The minimum atomic E-state index is 0. The lowest BCUT2D eigenvalue weighted by atomic mass is 10.2. The Morgan fingerprint density at radius 2 is 2.15 bits per heavy atom. The molecule has 0 amide bonds. The van der Waals surface area contributed by atoms with Gasteiger partial charge in [0.1, 0.15) is 0 Å². The number of ether oxygens (including phenoxy) is 1. The Morgan fingerprint density at radius 3 is 2.85 bits per heavy atom. The van der Waals surface area contributed by atoms with Crippen molar-refractivity contribution in [2.45, 2.75) is 32.9 Å². The van der Waals surface area contributed by atoms with Gasteiger partial charge < -0.3 is 15.0 Å². The van der Waals surface area contributed by atoms with E-state index >= 15 is 0 Å². The van der Waals surface area contributed by atoms with E-state index in [2.05, 4.69) is 34.1 Å². The van der Waals surface area contributed by atoms with Crippen LogP contribution in [0.2, 0.25) is 0 Å². The van der Waals surface area contributed by atoms with Crippen LogP contribution >= 0.6 is 24.0 Å². The lowest BCUT2D eigenvalue weighted by Gasteiger charge is -2.32. The van der Waals surface area contributed by atoms with Crippen molar-refractivity contribution in [2.75, 3.05) is 52.5 Å². The Labute approximate surface area is 174 Å². The van der Waals surface area contributed by atoms with Crippen LogP contribution in [0.1, 0.15) is 20.3 Å². The summed E-state index contributed by atoms with van der Waals surface area (Å²) in [5.74, 6) is 1.52. The van der Waals surface area contributed by atoms with Crippen molar-refractivity contribution in [3.63, 3.8) is 0 Å². The minimum Gasteiger partial charge on any atom is -0.379 e. The largest absolute Gasteiger partial charge is 0.379 e. The maximum atomic E-state index is 5.48. The van der Waals surface area contributed by atoms with E-state index < -0.39 is 0 Å². The molecule has 1 aromatic rings. The average molecular weight is 476 g/mol. The maximum Gasteiger partial charge on any atom is 0.193 e. The van der Waals surface area contributed by atoms with E-state index in [0.717, 1.165) is 65.0 Å². The van der Waals surface area contributed by atoms with Crippen molar-refractivity contribution >= 4 is 29.9 Å². The van der Waals surface area contributed by atoms with Crippen molar-refractivity contribution in [2.24, 2.45) is 10.9 Å². The topological polar surface area (TPSA) is 57.9 Å². The van der Waals surface area contributed by atoms with Crippen LogP contribution in [0.5, 0.6) is 0 Å². The zero-order valence-electron chi connectivity index (χ0n) is 16.0. The van der Waals surface area contributed by atoms with Gasteiger partial charge in [0.2, 0.25) is 0 Å². The summed E-state index contributed by atoms with van der Waals surface area (Å²) in [6, 6.07) is 2.60. The lowest BCUT2D eigenvalue weighted by Crippen LogP contribution is -2.46. The zero-order chi connectivity index (χ0) is 17.5. The molecule has 3 rings (SSSR count). The Bertz CT molecular complexity index is 532. The third-order valence-electron chi connectivity index (χ3n) is 4.97. The number of morpholine rings is 1. The number of halogens is 1. The monoisotopic (exact) mass is 476 g/mol. The predicted octanol–water partition coefficient (Wildman–Crippen LogP) is 1.51. The van der Waals surface area contributed by atoms with Gasteiger partial charge in [-0.3, -0.25) is 14.6 Å². The first-order chi connectivity index (χ1) is 12.3. The van der Waals surface area contributed by atoms with Crippen LogP contribution in [0.15, 0.2) is 23.5 Å². The molecule has 3 heterocycles. The van der Waals surface area contributed by atoms with Gasteiger partial charge in [-0.1, -0.05) is 6.92 Å². The number of guanidine groups is 1. The molecule has 1 aromatic heterocycles. The summed E-state index contributed by atoms with van der Waals surface area (Å²) < 4.78 is 7.47. The number of hydrogen-bond donors (Lipinski definition) is 1. The fourth-order valence-corrected chi connectivity index (χ4v) is 3.63. The fourth-order valence-electron chi connectivity index (χ4n) is 3.63. The molecular weight excluding hydrogens is 443 g/mol. The van der Waals surface area contributed by atoms with Crippen LogP contribution in [0.25, 0.3) is 0 Å². The molecule has 2 aliphatic heterocycles. The van der Waals surface area contributed by atoms with Crippen molar-refractivity contribution < 1.29 is 4.74 Å². The summed E-state index contributed by atoms with van der Waals surface area (Å²) >= 11 is 0. The highest BCUT2D eigenvalue weighted by molar-refractivity contribution is 14.0. The second-order valence-electron chi connectivity index (χ2n) is 7.06. The molecule has 0 radical (unpaired) electrons. The van der Waals surface area contributed by atoms with Crippen LogP contribution in [-0.2, 0) is 11.3 Å². The normalized spacial score (nSPS) is 22.9. The molecule has 7 nitrogen and oxygen atoms in total. The average Bonchev–Trinajstić information content (AvgIpc) is 3.31. The molecule has 0 bridgehead atoms. The van der Waals surface area contributed by atoms with Gasteiger partial charge in [-0.2, -0.15) is 5.10 Å². The van der Waals surface area contributed by atoms with Crippen molar-refractivity contribution in [1.82, 2.24) is 24.9 Å². The molecule has 0 saturated carbocycles. The summed E-state index contributed by atoms with van der Waals surface area (Å²) in [6.07, 6.45) is 5.06. The minimum absolute atomic E-state index is 0. The first-order valence-corrected chi connectivity index (χ1v) is 9.58. The first-order valence-electron chi connectivity index (χ1n) is 9.58. The van der Waals surface area contributed by atoms with Gasteiger partial charge >= 0.3 is 0 Å². The highest BCUT2D eigenvalue weighted by Crippen LogP contribution is 2.17. The van der Waals surface area contributed by atoms with Crippen LogP contribution in [-0.4, -0.2) is 84.1 Å². The quantitative estimate of drug-likeness (QED) is 0.383. The van der Waals surface area contributed by atoms with Crippen LogP contribution in [0, 0.1) is 5.92 Å². The van der Waals surface area contributed by atoms with E-state index in [1.165, 1.54) is 6.42 Å². The summed E-state index contributed by atoms with van der Waals surface area (Å²) in [7, 11) is 0. The van der Waals surface area contributed by atoms with Gasteiger partial charge in [0.25, 0.3) is 0 Å². The lowest BCUT2D eigenvalue weighted by molar-refractivity contribution is 0.0195. The molecular formula is C18H33IN6O. The smallest absolute Gasteiger partial charge is 0.193 e. The number of aliphatic imine (C=N–C) groups is 1. The van der Waals surface area contributed by atoms with Gasteiger partial charge in [-0.05, 0) is 25.3 Å². The third-order valence-corrected chi connectivity index (χ3v) is 4.97. The molecule has 26 heavy (non-hydrogen) atoms. The van der Waals surface area contributed by atoms with Crippen molar-refractivity contribution in [1.29, 1.82) is 0 Å². The second-order valence-corrected chi connectivity index (χ2v) is 7.06. The number of nitrogens with zero attached hydrogens (tertiary/aromatic N) is 5. The van der Waals surface area contributed by atoms with E-state index in [9.17, 15) is 0 Å². The van der Waals surface area contributed by atoms with Crippen molar-refractivity contribution in [3.8, 4) is 0 Å². The second kappa shape index (κ2) is 11.1. The van der Waals surface area contributed by atoms with E-state index in [-0.39, 0.29) is 24.0 Å². The van der Waals surface area contributed by atoms with Crippen molar-refractivity contribution in [3.05, 3.63) is 18.5 Å². The summed E-state index contributed by atoms with van der Waals surface area (Å²) in [5.41, 5.74) is 0. The van der Waals surface area contributed by atoms with Crippen LogP contribution < -0.4 is 5.32 Å². The number of aromatic nitrogens is 2. The Hall–Kier alpha value is -0.870. The summed E-state index contributed by atoms with van der Waals surface area (Å²) in [5, 5.41) is 7.76. The molecule has 8 heteroatoms. The highest BCUT2D eigenvalue weighted by atomic mass is 127. The van der Waals surface area contributed by atoms with Gasteiger partial charge in [0.15, 0.2) is 5.96 Å². The number of likely N-dealkylation sites (tertiary alicyclic amines) is 1. The maximum absolute atomic E-state index is 5.48. The molecule has 2 atom stereocenters. The predicted molar refractivity (Wildman–Crippen MR) is 115 cm³/mol. The molecule has 2 unspecified atom stereocenters. The Morgan fingerprint density at radius 1 is 1.35 bits per heavy atom. The van der Waals surface area contributed by atoms with Gasteiger partial charge in [-0.15, -0.1) is 24.0 Å². The number of hydrogen-bond acceptors (Lipinski definition) is 4. The van der Waals surface area contributed by atoms with Gasteiger partial charge in [-0.25, -0.2) is 0 Å². The Kier molecular flexibility index (Phi) is 9.13. The van der Waals surface area contributed by atoms with E-state index in [1.807, 2.05) is 23.1 Å². The van der Waals surface area contributed by atoms with E-state index in [1.54, 1.807) is 0 Å². The standard InChI is InChI=1S/C18H32N6O.HI/c1-3-19-18(20-13-16(2)14-24-7-4-6-21-24)23-8-5-17(15-23)22-9-11-25-12-10-22;/h4,6-7,16-17H,3,5,8-15H2,1-2H3,(H,19,20);1H.